The fraction of sp³-hybridized carbons (Fsp3) is 0.259. The number of nitrogens with one attached hydrogen (secondary N) is 1. The molecule has 1 N–H and O–H groups in total. The van der Waals surface area contributed by atoms with Crippen molar-refractivity contribution in [3.05, 3.63) is 95.1 Å². The van der Waals surface area contributed by atoms with Gasteiger partial charge in [0, 0.05) is 18.0 Å². The lowest BCUT2D eigenvalue weighted by atomic mass is 9.98. The Bertz CT molecular complexity index is 1180. The number of carbonyl (C=O) groups excluding carboxylic acids is 2. The summed E-state index contributed by atoms with van der Waals surface area (Å²) in [6.45, 7) is 1.05. The standard InChI is InChI=1S/C27H25F2NO4/c1-33-27(32)25-21(8-5-9-23(25)28)18-10-11-19(24(29)13-18)14-30-26(31)22-12-20(22)16-34-15-17-6-3-2-4-7-17/h2-11,13,20,22H,12,14-16H2,1H3,(H,30,31)/t20-,22+/m0/s1. The molecule has 1 fully saturated rings. The van der Waals surface area contributed by atoms with E-state index >= 15 is 0 Å². The van der Waals surface area contributed by atoms with E-state index in [-0.39, 0.29) is 35.4 Å². The van der Waals surface area contributed by atoms with E-state index < -0.39 is 17.6 Å². The first-order valence-electron chi connectivity index (χ1n) is 11.0. The van der Waals surface area contributed by atoms with Crippen molar-refractivity contribution in [2.75, 3.05) is 13.7 Å². The Balaban J connectivity index is 1.31. The van der Waals surface area contributed by atoms with Gasteiger partial charge in [0.25, 0.3) is 0 Å². The number of halogens is 2. The number of hydrogen-bond acceptors (Lipinski definition) is 4. The lowest BCUT2D eigenvalue weighted by molar-refractivity contribution is -0.123. The minimum Gasteiger partial charge on any atom is -0.465 e. The lowest BCUT2D eigenvalue weighted by Gasteiger charge is -2.11. The van der Waals surface area contributed by atoms with Crippen molar-refractivity contribution < 1.29 is 27.8 Å². The second-order valence-corrected chi connectivity index (χ2v) is 8.28. The van der Waals surface area contributed by atoms with Crippen LogP contribution < -0.4 is 5.32 Å². The van der Waals surface area contributed by atoms with Crippen LogP contribution in [0.3, 0.4) is 0 Å². The molecular weight excluding hydrogens is 440 g/mol. The van der Waals surface area contributed by atoms with Gasteiger partial charge in [0.15, 0.2) is 0 Å². The molecule has 3 aromatic carbocycles. The molecule has 0 bridgehead atoms. The van der Waals surface area contributed by atoms with Gasteiger partial charge in [-0.15, -0.1) is 0 Å². The number of carbonyl (C=O) groups is 2. The summed E-state index contributed by atoms with van der Waals surface area (Å²) in [5.74, 6) is -2.23. The van der Waals surface area contributed by atoms with Crippen LogP contribution in [0, 0.1) is 23.5 Å². The van der Waals surface area contributed by atoms with Gasteiger partial charge in [0.2, 0.25) is 5.91 Å². The Morgan fingerprint density at radius 3 is 2.53 bits per heavy atom. The number of benzene rings is 3. The maximum Gasteiger partial charge on any atom is 0.341 e. The van der Waals surface area contributed by atoms with E-state index in [0.717, 1.165) is 25.2 Å². The van der Waals surface area contributed by atoms with Gasteiger partial charge in [0.1, 0.15) is 17.2 Å². The molecule has 4 rings (SSSR count). The van der Waals surface area contributed by atoms with Crippen LogP contribution in [0.4, 0.5) is 8.78 Å². The largest absolute Gasteiger partial charge is 0.465 e. The normalized spacial score (nSPS) is 16.7. The molecule has 0 unspecified atom stereocenters. The molecule has 0 aliphatic heterocycles. The molecule has 2 atom stereocenters. The van der Waals surface area contributed by atoms with Gasteiger partial charge in [-0.2, -0.15) is 0 Å². The molecule has 1 saturated carbocycles. The molecule has 0 saturated heterocycles. The number of amides is 1. The van der Waals surface area contributed by atoms with E-state index in [1.165, 1.54) is 24.3 Å². The van der Waals surface area contributed by atoms with Gasteiger partial charge in [-0.3, -0.25) is 4.79 Å². The van der Waals surface area contributed by atoms with Gasteiger partial charge < -0.3 is 14.8 Å². The van der Waals surface area contributed by atoms with Crippen molar-refractivity contribution in [2.45, 2.75) is 19.6 Å². The van der Waals surface area contributed by atoms with Crippen LogP contribution in [-0.4, -0.2) is 25.6 Å². The highest BCUT2D eigenvalue weighted by Gasteiger charge is 2.42. The highest BCUT2D eigenvalue weighted by Crippen LogP contribution is 2.39. The van der Waals surface area contributed by atoms with E-state index in [9.17, 15) is 18.4 Å². The summed E-state index contributed by atoms with van der Waals surface area (Å²) in [6.07, 6.45) is 0.748. The Labute approximate surface area is 196 Å². The monoisotopic (exact) mass is 465 g/mol. The molecule has 1 amide bonds. The number of rotatable bonds is 9. The van der Waals surface area contributed by atoms with Gasteiger partial charge in [-0.1, -0.05) is 54.6 Å². The summed E-state index contributed by atoms with van der Waals surface area (Å²) in [4.78, 5) is 24.4. The van der Waals surface area contributed by atoms with Gasteiger partial charge in [-0.25, -0.2) is 13.6 Å². The molecule has 0 radical (unpaired) electrons. The van der Waals surface area contributed by atoms with Crippen molar-refractivity contribution in [2.24, 2.45) is 11.8 Å². The molecule has 7 heteroatoms. The Hall–Kier alpha value is -3.58. The SMILES string of the molecule is COC(=O)c1c(F)cccc1-c1ccc(CNC(=O)[C@@H]2C[C@H]2COCc2ccccc2)c(F)c1. The third-order valence-corrected chi connectivity index (χ3v) is 5.92. The first-order chi connectivity index (χ1) is 16.5. The molecule has 34 heavy (non-hydrogen) atoms. The third kappa shape index (κ3) is 5.48. The molecule has 0 heterocycles. The Morgan fingerprint density at radius 1 is 1.00 bits per heavy atom. The van der Waals surface area contributed by atoms with Crippen molar-refractivity contribution in [1.29, 1.82) is 0 Å². The third-order valence-electron chi connectivity index (χ3n) is 5.92. The molecule has 176 valence electrons. The van der Waals surface area contributed by atoms with E-state index in [4.69, 9.17) is 4.74 Å². The van der Waals surface area contributed by atoms with E-state index in [1.807, 2.05) is 30.3 Å². The zero-order chi connectivity index (χ0) is 24.1. The maximum atomic E-state index is 14.7. The number of ether oxygens (including phenoxy) is 2. The highest BCUT2D eigenvalue weighted by atomic mass is 19.1. The average molecular weight is 465 g/mol. The molecule has 0 aromatic heterocycles. The first-order valence-corrected chi connectivity index (χ1v) is 11.0. The maximum absolute atomic E-state index is 14.7. The fourth-order valence-corrected chi connectivity index (χ4v) is 3.90. The van der Waals surface area contributed by atoms with Crippen LogP contribution in [0.5, 0.6) is 0 Å². The molecule has 1 aliphatic rings. The second-order valence-electron chi connectivity index (χ2n) is 8.28. The van der Waals surface area contributed by atoms with Crippen molar-refractivity contribution >= 4 is 11.9 Å². The quantitative estimate of drug-likeness (QED) is 0.457. The second kappa shape index (κ2) is 10.6. The fourth-order valence-electron chi connectivity index (χ4n) is 3.90. The van der Waals surface area contributed by atoms with Gasteiger partial charge in [-0.05, 0) is 41.2 Å². The minimum atomic E-state index is -0.836. The molecule has 1 aliphatic carbocycles. The predicted molar refractivity (Wildman–Crippen MR) is 123 cm³/mol. The summed E-state index contributed by atoms with van der Waals surface area (Å²) in [6, 6.07) is 18.3. The smallest absolute Gasteiger partial charge is 0.341 e. The van der Waals surface area contributed by atoms with Crippen molar-refractivity contribution in [3.63, 3.8) is 0 Å². The van der Waals surface area contributed by atoms with Crippen LogP contribution >= 0.6 is 0 Å². The van der Waals surface area contributed by atoms with Crippen molar-refractivity contribution in [3.8, 4) is 11.1 Å². The van der Waals surface area contributed by atoms with Gasteiger partial charge in [0.05, 0.1) is 20.3 Å². The van der Waals surface area contributed by atoms with Crippen LogP contribution in [0.2, 0.25) is 0 Å². The van der Waals surface area contributed by atoms with Crippen LogP contribution in [0.25, 0.3) is 11.1 Å². The van der Waals surface area contributed by atoms with Crippen molar-refractivity contribution in [1.82, 2.24) is 5.32 Å². The number of hydrogen-bond donors (Lipinski definition) is 1. The van der Waals surface area contributed by atoms with E-state index in [1.54, 1.807) is 6.07 Å². The lowest BCUT2D eigenvalue weighted by Crippen LogP contribution is -2.26. The summed E-state index contributed by atoms with van der Waals surface area (Å²) >= 11 is 0. The number of esters is 1. The predicted octanol–water partition coefficient (Wildman–Crippen LogP) is 4.89. The minimum absolute atomic E-state index is 0.0338. The molecular formula is C27H25F2NO4. The molecule has 5 nitrogen and oxygen atoms in total. The van der Waals surface area contributed by atoms with Crippen LogP contribution in [0.15, 0.2) is 66.7 Å². The summed E-state index contributed by atoms with van der Waals surface area (Å²) in [5.41, 5.74) is 1.70. The van der Waals surface area contributed by atoms with Gasteiger partial charge >= 0.3 is 5.97 Å². The number of methoxy groups -OCH3 is 1. The zero-order valence-corrected chi connectivity index (χ0v) is 18.7. The Morgan fingerprint density at radius 2 is 1.79 bits per heavy atom. The Kier molecular flexibility index (Phi) is 7.33. The first kappa shape index (κ1) is 23.6. The zero-order valence-electron chi connectivity index (χ0n) is 18.7. The summed E-state index contributed by atoms with van der Waals surface area (Å²) in [7, 11) is 1.16. The summed E-state index contributed by atoms with van der Waals surface area (Å²) < 4.78 is 39.3. The average Bonchev–Trinajstić information content (AvgIpc) is 3.63. The van der Waals surface area contributed by atoms with E-state index in [2.05, 4.69) is 10.1 Å². The van der Waals surface area contributed by atoms with Crippen LogP contribution in [0.1, 0.15) is 27.9 Å². The highest BCUT2D eigenvalue weighted by molar-refractivity contribution is 5.97. The topological polar surface area (TPSA) is 64.6 Å². The summed E-state index contributed by atoms with van der Waals surface area (Å²) in [5, 5.41) is 2.78. The van der Waals surface area contributed by atoms with E-state index in [0.29, 0.717) is 24.3 Å². The molecule has 3 aromatic rings. The molecule has 0 spiro atoms. The van der Waals surface area contributed by atoms with Crippen LogP contribution in [-0.2, 0) is 27.4 Å².